The summed E-state index contributed by atoms with van der Waals surface area (Å²) in [7, 11) is 0. The van der Waals surface area contributed by atoms with Crippen LogP contribution in [0.1, 0.15) is 48.3 Å². The van der Waals surface area contributed by atoms with Gasteiger partial charge in [0.1, 0.15) is 11.5 Å². The van der Waals surface area contributed by atoms with E-state index in [0.717, 1.165) is 36.6 Å². The molecule has 0 amide bonds. The molecule has 0 aliphatic heterocycles. The molecule has 0 radical (unpaired) electrons. The molecule has 0 aromatic carbocycles. The second kappa shape index (κ2) is 4.93. The molecule has 2 heterocycles. The Kier molecular flexibility index (Phi) is 3.38. The van der Waals surface area contributed by atoms with E-state index in [4.69, 9.17) is 10.2 Å². The summed E-state index contributed by atoms with van der Waals surface area (Å²) in [5.74, 6) is 2.16. The van der Waals surface area contributed by atoms with Gasteiger partial charge in [0.2, 0.25) is 0 Å². The zero-order chi connectivity index (χ0) is 14.3. The summed E-state index contributed by atoms with van der Waals surface area (Å²) in [6, 6.07) is 4.51. The fourth-order valence-electron chi connectivity index (χ4n) is 3.08. The fourth-order valence-corrected chi connectivity index (χ4v) is 3.83. The second-order valence-corrected chi connectivity index (χ2v) is 7.51. The van der Waals surface area contributed by atoms with Crippen LogP contribution in [0.4, 0.5) is 5.69 Å². The Bertz CT molecular complexity index is 612. The van der Waals surface area contributed by atoms with E-state index in [-0.39, 0.29) is 5.41 Å². The third-order valence-corrected chi connectivity index (χ3v) is 4.96. The van der Waals surface area contributed by atoms with Crippen LogP contribution in [0.2, 0.25) is 0 Å². The van der Waals surface area contributed by atoms with Gasteiger partial charge in [0.05, 0.1) is 0 Å². The Labute approximate surface area is 124 Å². The van der Waals surface area contributed by atoms with Gasteiger partial charge < -0.3 is 15.5 Å². The summed E-state index contributed by atoms with van der Waals surface area (Å²) in [4.78, 5) is 1.22. The molecule has 3 nitrogen and oxygen atoms in total. The molecule has 0 bridgehead atoms. The Morgan fingerprint density at radius 3 is 3.00 bits per heavy atom. The first-order chi connectivity index (χ1) is 9.44. The average molecular weight is 290 g/mol. The summed E-state index contributed by atoms with van der Waals surface area (Å²) < 4.78 is 5.87. The lowest BCUT2D eigenvalue weighted by Gasteiger charge is -2.34. The lowest BCUT2D eigenvalue weighted by Crippen LogP contribution is -2.32. The first-order valence-corrected chi connectivity index (χ1v) is 7.97. The Morgan fingerprint density at radius 1 is 1.50 bits per heavy atom. The first-order valence-electron chi connectivity index (χ1n) is 7.09. The topological polar surface area (TPSA) is 51.2 Å². The molecular formula is C16H22N2OS. The van der Waals surface area contributed by atoms with Gasteiger partial charge in [-0.25, -0.2) is 0 Å². The molecular weight excluding hydrogens is 268 g/mol. The summed E-state index contributed by atoms with van der Waals surface area (Å²) in [6.07, 6.45) is 2.15. The van der Waals surface area contributed by atoms with Crippen LogP contribution in [0.3, 0.4) is 0 Å². The van der Waals surface area contributed by atoms with Crippen LogP contribution < -0.4 is 11.1 Å². The number of furan rings is 1. The molecule has 3 rings (SSSR count). The summed E-state index contributed by atoms with van der Waals surface area (Å²) in [5.41, 5.74) is 8.45. The predicted octanol–water partition coefficient (Wildman–Crippen LogP) is 4.04. The van der Waals surface area contributed by atoms with Crippen LogP contribution >= 0.6 is 11.3 Å². The Hall–Kier alpha value is -1.26. The number of rotatable bonds is 3. The summed E-state index contributed by atoms with van der Waals surface area (Å²) >= 11 is 1.71. The molecule has 1 atom stereocenters. The van der Waals surface area contributed by atoms with E-state index in [0.29, 0.717) is 6.04 Å². The maximum atomic E-state index is 5.96. The van der Waals surface area contributed by atoms with Crippen LogP contribution in [0.15, 0.2) is 21.9 Å². The highest BCUT2D eigenvalue weighted by Crippen LogP contribution is 2.42. The molecule has 0 saturated carbocycles. The molecule has 1 aliphatic carbocycles. The van der Waals surface area contributed by atoms with Gasteiger partial charge >= 0.3 is 0 Å². The van der Waals surface area contributed by atoms with Gasteiger partial charge in [0.25, 0.3) is 0 Å². The van der Waals surface area contributed by atoms with E-state index in [9.17, 15) is 0 Å². The van der Waals surface area contributed by atoms with Crippen molar-refractivity contribution in [2.75, 3.05) is 5.73 Å². The van der Waals surface area contributed by atoms with Crippen molar-refractivity contribution in [3.8, 4) is 0 Å². The number of nitrogens with two attached hydrogens (primary N) is 1. The lowest BCUT2D eigenvalue weighted by atomic mass is 9.75. The van der Waals surface area contributed by atoms with Crippen LogP contribution in [0, 0.1) is 12.3 Å². The molecule has 4 heteroatoms. The molecule has 2 aromatic heterocycles. The van der Waals surface area contributed by atoms with Crippen molar-refractivity contribution in [3.63, 3.8) is 0 Å². The number of fused-ring (bicyclic) bond motifs is 1. The number of hydrogen-bond acceptors (Lipinski definition) is 4. The van der Waals surface area contributed by atoms with Gasteiger partial charge in [-0.2, -0.15) is 0 Å². The molecule has 1 unspecified atom stereocenters. The molecule has 2 aromatic rings. The molecule has 0 fully saturated rings. The third-order valence-electron chi connectivity index (χ3n) is 4.03. The SMILES string of the molecule is Cc1cc2c(o1)CC(C)(C)CC2NCc1sccc1N. The van der Waals surface area contributed by atoms with Crippen molar-refractivity contribution >= 4 is 17.0 Å². The molecule has 108 valence electrons. The Balaban J connectivity index is 1.80. The monoisotopic (exact) mass is 290 g/mol. The zero-order valence-corrected chi connectivity index (χ0v) is 13.1. The third kappa shape index (κ3) is 2.63. The van der Waals surface area contributed by atoms with Crippen molar-refractivity contribution in [1.82, 2.24) is 5.32 Å². The number of anilines is 1. The van der Waals surface area contributed by atoms with Crippen molar-refractivity contribution in [2.45, 2.75) is 46.2 Å². The zero-order valence-electron chi connectivity index (χ0n) is 12.3. The first kappa shape index (κ1) is 13.7. The highest BCUT2D eigenvalue weighted by molar-refractivity contribution is 7.10. The van der Waals surface area contributed by atoms with Gasteiger partial charge in [0, 0.05) is 35.1 Å². The van der Waals surface area contributed by atoms with Crippen LogP contribution in [0.25, 0.3) is 0 Å². The molecule has 0 saturated heterocycles. The average Bonchev–Trinajstić information content (AvgIpc) is 2.90. The molecule has 0 spiro atoms. The molecule has 1 aliphatic rings. The summed E-state index contributed by atoms with van der Waals surface area (Å²) in [5, 5.41) is 5.71. The highest BCUT2D eigenvalue weighted by atomic mass is 32.1. The van der Waals surface area contributed by atoms with Gasteiger partial charge in [-0.05, 0) is 36.3 Å². The van der Waals surface area contributed by atoms with E-state index >= 15 is 0 Å². The highest BCUT2D eigenvalue weighted by Gasteiger charge is 2.34. The van der Waals surface area contributed by atoms with E-state index in [1.54, 1.807) is 11.3 Å². The van der Waals surface area contributed by atoms with Crippen molar-refractivity contribution in [3.05, 3.63) is 39.5 Å². The molecule has 20 heavy (non-hydrogen) atoms. The van der Waals surface area contributed by atoms with Crippen molar-refractivity contribution in [1.29, 1.82) is 0 Å². The van der Waals surface area contributed by atoms with Crippen LogP contribution in [0.5, 0.6) is 0 Å². The number of nitrogen functional groups attached to an aromatic ring is 1. The second-order valence-electron chi connectivity index (χ2n) is 6.51. The van der Waals surface area contributed by atoms with Crippen molar-refractivity contribution < 1.29 is 4.42 Å². The number of nitrogens with one attached hydrogen (secondary N) is 1. The van der Waals surface area contributed by atoms with Crippen LogP contribution in [-0.4, -0.2) is 0 Å². The predicted molar refractivity (Wildman–Crippen MR) is 83.9 cm³/mol. The molecule has 3 N–H and O–H groups in total. The van der Waals surface area contributed by atoms with Gasteiger partial charge in [0.15, 0.2) is 0 Å². The van der Waals surface area contributed by atoms with Crippen LogP contribution in [-0.2, 0) is 13.0 Å². The van der Waals surface area contributed by atoms with Gasteiger partial charge in [-0.1, -0.05) is 13.8 Å². The largest absolute Gasteiger partial charge is 0.466 e. The standard InChI is InChI=1S/C16H22N2OS/c1-10-6-11-13(7-16(2,3)8-14(11)19-10)18-9-15-12(17)4-5-20-15/h4-6,13,18H,7-9,17H2,1-3H3. The maximum absolute atomic E-state index is 5.96. The van der Waals surface area contributed by atoms with E-state index < -0.39 is 0 Å². The summed E-state index contributed by atoms with van der Waals surface area (Å²) in [6.45, 7) is 7.47. The van der Waals surface area contributed by atoms with E-state index in [1.165, 1.54) is 10.4 Å². The minimum Gasteiger partial charge on any atom is -0.466 e. The maximum Gasteiger partial charge on any atom is 0.109 e. The number of hydrogen-bond donors (Lipinski definition) is 2. The van der Waals surface area contributed by atoms with Crippen molar-refractivity contribution in [2.24, 2.45) is 5.41 Å². The smallest absolute Gasteiger partial charge is 0.109 e. The normalized spacial score (nSPS) is 20.9. The fraction of sp³-hybridized carbons (Fsp3) is 0.500. The number of aryl methyl sites for hydroxylation is 1. The van der Waals surface area contributed by atoms with E-state index in [2.05, 4.69) is 25.2 Å². The lowest BCUT2D eigenvalue weighted by molar-refractivity contribution is 0.234. The Morgan fingerprint density at radius 2 is 2.30 bits per heavy atom. The van der Waals surface area contributed by atoms with Gasteiger partial charge in [-0.15, -0.1) is 11.3 Å². The minimum atomic E-state index is 0.274. The number of thiophene rings is 1. The minimum absolute atomic E-state index is 0.274. The quantitative estimate of drug-likeness (QED) is 0.897. The van der Waals surface area contributed by atoms with Gasteiger partial charge in [-0.3, -0.25) is 0 Å². The van der Waals surface area contributed by atoms with E-state index in [1.807, 2.05) is 18.4 Å².